The van der Waals surface area contributed by atoms with Crippen LogP contribution < -0.4 is 14.8 Å². The molecule has 3 fully saturated rings. The average Bonchev–Trinajstić information content (AvgIpc) is 3.27. The van der Waals surface area contributed by atoms with Crippen LogP contribution >= 0.6 is 11.6 Å². The summed E-state index contributed by atoms with van der Waals surface area (Å²) < 4.78 is 48.9. The summed E-state index contributed by atoms with van der Waals surface area (Å²) in [4.78, 5) is 14.8. The third-order valence-electron chi connectivity index (χ3n) is 6.30. The third kappa shape index (κ3) is 5.31. The van der Waals surface area contributed by atoms with E-state index in [1.807, 2.05) is 4.72 Å². The molecule has 1 atom stereocenters. The van der Waals surface area contributed by atoms with Gasteiger partial charge in [0.05, 0.1) is 17.2 Å². The van der Waals surface area contributed by atoms with Crippen molar-refractivity contribution >= 4 is 27.7 Å². The summed E-state index contributed by atoms with van der Waals surface area (Å²) in [6, 6.07) is 2.22. The molecule has 2 saturated heterocycles. The van der Waals surface area contributed by atoms with Crippen molar-refractivity contribution in [1.29, 1.82) is 0 Å². The normalized spacial score (nSPS) is 23.5. The second-order valence-corrected chi connectivity index (χ2v) is 10.5. The molecule has 0 bridgehead atoms. The topological polar surface area (TPSA) is 91.0 Å². The molecule has 0 aromatic heterocycles. The van der Waals surface area contributed by atoms with E-state index in [0.29, 0.717) is 25.6 Å². The van der Waals surface area contributed by atoms with E-state index in [4.69, 9.17) is 16.3 Å². The molecular weight excluding hydrogens is 447 g/mol. The predicted molar refractivity (Wildman–Crippen MR) is 115 cm³/mol. The number of hydrogen-bond donors (Lipinski definition) is 2. The highest BCUT2D eigenvalue weighted by molar-refractivity contribution is 7.87. The molecule has 0 radical (unpaired) electrons. The van der Waals surface area contributed by atoms with Crippen molar-refractivity contribution in [2.75, 3.05) is 45.9 Å². The molecule has 2 heterocycles. The van der Waals surface area contributed by atoms with Crippen LogP contribution in [0.15, 0.2) is 12.1 Å². The molecule has 31 heavy (non-hydrogen) atoms. The van der Waals surface area contributed by atoms with Crippen LogP contribution in [0.1, 0.15) is 36.0 Å². The first-order chi connectivity index (χ1) is 14.8. The molecule has 2 N–H and O–H groups in total. The lowest BCUT2D eigenvalue weighted by Crippen LogP contribution is -2.63. The summed E-state index contributed by atoms with van der Waals surface area (Å²) >= 11 is 6.18. The SMILES string of the molecule is O=C(NS(=O)(=O)N1CCN2CCNCC2C1)c1cc(Cl)c(OCC2CCCC2)cc1F. The molecular formula is C20H28ClFN4O4S. The minimum Gasteiger partial charge on any atom is -0.492 e. The Morgan fingerprint density at radius 2 is 2.03 bits per heavy atom. The number of rotatable bonds is 6. The average molecular weight is 475 g/mol. The number of hydrogen-bond acceptors (Lipinski definition) is 6. The Kier molecular flexibility index (Phi) is 7.02. The zero-order chi connectivity index (χ0) is 22.0. The molecule has 4 rings (SSSR count). The van der Waals surface area contributed by atoms with E-state index in [2.05, 4.69) is 10.2 Å². The van der Waals surface area contributed by atoms with Crippen molar-refractivity contribution in [3.05, 3.63) is 28.5 Å². The van der Waals surface area contributed by atoms with Gasteiger partial charge in [0.15, 0.2) is 0 Å². The number of carbonyl (C=O) groups is 1. The number of nitrogens with zero attached hydrogens (tertiary/aromatic N) is 2. The van der Waals surface area contributed by atoms with Crippen LogP contribution in [0.3, 0.4) is 0 Å². The van der Waals surface area contributed by atoms with Gasteiger partial charge >= 0.3 is 10.2 Å². The van der Waals surface area contributed by atoms with Crippen LogP contribution in [0.2, 0.25) is 5.02 Å². The van der Waals surface area contributed by atoms with Crippen molar-refractivity contribution in [1.82, 2.24) is 19.2 Å². The summed E-state index contributed by atoms with van der Waals surface area (Å²) in [5.74, 6) is -1.34. The third-order valence-corrected chi connectivity index (χ3v) is 8.05. The molecule has 2 aliphatic heterocycles. The van der Waals surface area contributed by atoms with E-state index >= 15 is 0 Å². The Hall–Kier alpha value is -1.46. The van der Waals surface area contributed by atoms with Gasteiger partial charge in [-0.05, 0) is 24.8 Å². The molecule has 1 aromatic carbocycles. The first-order valence-corrected chi connectivity index (χ1v) is 12.5. The second kappa shape index (κ2) is 9.58. The lowest BCUT2D eigenvalue weighted by molar-refractivity contribution is 0.0914. The van der Waals surface area contributed by atoms with Crippen molar-refractivity contribution < 1.29 is 22.3 Å². The van der Waals surface area contributed by atoms with Crippen LogP contribution in [-0.2, 0) is 10.2 Å². The van der Waals surface area contributed by atoms with Gasteiger partial charge in [-0.15, -0.1) is 0 Å². The Labute approximate surface area is 187 Å². The first-order valence-electron chi connectivity index (χ1n) is 10.7. The van der Waals surface area contributed by atoms with Gasteiger partial charge in [0.2, 0.25) is 0 Å². The summed E-state index contributed by atoms with van der Waals surface area (Å²) in [5, 5.41) is 3.32. The molecule has 172 valence electrons. The Morgan fingerprint density at radius 1 is 1.26 bits per heavy atom. The van der Waals surface area contributed by atoms with Crippen LogP contribution in [0.4, 0.5) is 4.39 Å². The van der Waals surface area contributed by atoms with E-state index in [-0.39, 0.29) is 29.9 Å². The Morgan fingerprint density at radius 3 is 2.81 bits per heavy atom. The van der Waals surface area contributed by atoms with E-state index < -0.39 is 27.5 Å². The summed E-state index contributed by atoms with van der Waals surface area (Å²) in [5.41, 5.74) is -0.431. The lowest BCUT2D eigenvalue weighted by atomic mass is 10.1. The standard InChI is InChI=1S/C20H28ClFN4O4S/c21-17-9-16(18(22)10-19(17)30-13-14-3-1-2-4-14)20(27)24-31(28,29)26-8-7-25-6-5-23-11-15(25)12-26/h9-10,14-15,23H,1-8,11-13H2,(H,24,27). The number of amides is 1. The highest BCUT2D eigenvalue weighted by atomic mass is 35.5. The first kappa shape index (κ1) is 22.7. The zero-order valence-corrected chi connectivity index (χ0v) is 18.9. The molecule has 8 nitrogen and oxygen atoms in total. The van der Waals surface area contributed by atoms with E-state index in [0.717, 1.165) is 50.9 Å². The van der Waals surface area contributed by atoms with E-state index in [1.54, 1.807) is 0 Å². The van der Waals surface area contributed by atoms with Gasteiger partial charge in [-0.3, -0.25) is 9.69 Å². The fourth-order valence-electron chi connectivity index (χ4n) is 4.50. The maximum atomic E-state index is 14.6. The van der Waals surface area contributed by atoms with E-state index in [1.165, 1.54) is 4.31 Å². The zero-order valence-electron chi connectivity index (χ0n) is 17.3. The Balaban J connectivity index is 1.40. The van der Waals surface area contributed by atoms with E-state index in [9.17, 15) is 17.6 Å². The number of halogens is 2. The quantitative estimate of drug-likeness (QED) is 0.651. The fourth-order valence-corrected chi connectivity index (χ4v) is 5.88. The van der Waals surface area contributed by atoms with Crippen molar-refractivity contribution in [3.63, 3.8) is 0 Å². The van der Waals surface area contributed by atoms with Crippen LogP contribution in [0.25, 0.3) is 0 Å². The molecule has 1 amide bonds. The monoisotopic (exact) mass is 474 g/mol. The van der Waals surface area contributed by atoms with Gasteiger partial charge in [-0.25, -0.2) is 9.11 Å². The molecule has 1 aromatic rings. The number of carbonyl (C=O) groups excluding carboxylic acids is 1. The van der Waals surface area contributed by atoms with Crippen molar-refractivity contribution in [3.8, 4) is 5.75 Å². The number of piperazine rings is 2. The highest BCUT2D eigenvalue weighted by Gasteiger charge is 2.35. The van der Waals surface area contributed by atoms with Crippen LogP contribution in [-0.4, -0.2) is 75.4 Å². The van der Waals surface area contributed by atoms with Gasteiger partial charge in [0.25, 0.3) is 5.91 Å². The van der Waals surface area contributed by atoms with Gasteiger partial charge in [0, 0.05) is 51.4 Å². The lowest BCUT2D eigenvalue weighted by Gasteiger charge is -2.43. The molecule has 1 saturated carbocycles. The highest BCUT2D eigenvalue weighted by Crippen LogP contribution is 2.31. The minimum absolute atomic E-state index is 0.0525. The van der Waals surface area contributed by atoms with Gasteiger partial charge in [-0.1, -0.05) is 24.4 Å². The van der Waals surface area contributed by atoms with Crippen LogP contribution in [0.5, 0.6) is 5.75 Å². The van der Waals surface area contributed by atoms with Crippen molar-refractivity contribution in [2.24, 2.45) is 5.92 Å². The maximum Gasteiger partial charge on any atom is 0.304 e. The number of ether oxygens (including phenoxy) is 1. The molecule has 0 spiro atoms. The van der Waals surface area contributed by atoms with Gasteiger partial charge < -0.3 is 10.1 Å². The predicted octanol–water partition coefficient (Wildman–Crippen LogP) is 1.61. The summed E-state index contributed by atoms with van der Waals surface area (Å²) in [6.07, 6.45) is 4.47. The summed E-state index contributed by atoms with van der Waals surface area (Å²) in [7, 11) is -4.10. The van der Waals surface area contributed by atoms with Gasteiger partial charge in [0.1, 0.15) is 11.6 Å². The fraction of sp³-hybridized carbons (Fsp3) is 0.650. The molecule has 3 aliphatic rings. The minimum atomic E-state index is -4.10. The Bertz CT molecular complexity index is 926. The largest absolute Gasteiger partial charge is 0.492 e. The molecule has 1 unspecified atom stereocenters. The van der Waals surface area contributed by atoms with Crippen LogP contribution in [0, 0.1) is 11.7 Å². The molecule has 1 aliphatic carbocycles. The van der Waals surface area contributed by atoms with Gasteiger partial charge in [-0.2, -0.15) is 12.7 Å². The number of benzene rings is 1. The maximum absolute atomic E-state index is 14.6. The smallest absolute Gasteiger partial charge is 0.304 e. The second-order valence-electron chi connectivity index (χ2n) is 8.41. The molecule has 11 heteroatoms. The number of nitrogens with one attached hydrogen (secondary N) is 2. The summed E-state index contributed by atoms with van der Waals surface area (Å²) in [6.45, 7) is 4.01. The number of fused-ring (bicyclic) bond motifs is 1. The van der Waals surface area contributed by atoms with Crippen molar-refractivity contribution in [2.45, 2.75) is 31.7 Å².